The van der Waals surface area contributed by atoms with Crippen molar-refractivity contribution in [1.29, 1.82) is 0 Å². The van der Waals surface area contributed by atoms with Crippen LogP contribution in [0, 0.1) is 3.57 Å². The topological polar surface area (TPSA) is 50.9 Å². The Labute approximate surface area is 138 Å². The Morgan fingerprint density at radius 3 is 2.60 bits per heavy atom. The maximum absolute atomic E-state index is 6.02. The third kappa shape index (κ3) is 2.73. The first-order chi connectivity index (χ1) is 9.63. The highest BCUT2D eigenvalue weighted by atomic mass is 127. The summed E-state index contributed by atoms with van der Waals surface area (Å²) in [6.45, 7) is 0. The van der Waals surface area contributed by atoms with Crippen LogP contribution in [-0.2, 0) is 0 Å². The zero-order valence-electron chi connectivity index (χ0n) is 10.4. The van der Waals surface area contributed by atoms with Crippen molar-refractivity contribution in [3.8, 4) is 0 Å². The molecule has 3 nitrogen and oxygen atoms in total. The third-order valence-electron chi connectivity index (χ3n) is 2.97. The summed E-state index contributed by atoms with van der Waals surface area (Å²) in [5.41, 5.74) is 9.59. The highest BCUT2D eigenvalue weighted by molar-refractivity contribution is 14.1. The minimum absolute atomic E-state index is 0.724. The molecule has 1 heterocycles. The molecule has 0 aliphatic heterocycles. The van der Waals surface area contributed by atoms with Gasteiger partial charge in [-0.05, 0) is 81.0 Å². The van der Waals surface area contributed by atoms with Gasteiger partial charge in [-0.1, -0.05) is 0 Å². The van der Waals surface area contributed by atoms with Crippen molar-refractivity contribution in [3.05, 3.63) is 56.7 Å². The molecule has 3 rings (SSSR count). The molecule has 0 fully saturated rings. The van der Waals surface area contributed by atoms with E-state index in [1.54, 1.807) is 6.20 Å². The van der Waals surface area contributed by atoms with Crippen LogP contribution < -0.4 is 11.1 Å². The van der Waals surface area contributed by atoms with Gasteiger partial charge in [-0.3, -0.25) is 4.98 Å². The summed E-state index contributed by atoms with van der Waals surface area (Å²) in [6.07, 6.45) is 1.78. The molecule has 3 aromatic rings. The average Bonchev–Trinajstić information content (AvgIpc) is 2.44. The normalized spacial score (nSPS) is 10.7. The van der Waals surface area contributed by atoms with E-state index in [9.17, 15) is 0 Å². The van der Waals surface area contributed by atoms with Crippen LogP contribution in [0.3, 0.4) is 0 Å². The van der Waals surface area contributed by atoms with Gasteiger partial charge in [0.1, 0.15) is 0 Å². The fourth-order valence-corrected chi connectivity index (χ4v) is 2.70. The summed E-state index contributed by atoms with van der Waals surface area (Å²) in [5.74, 6) is 0. The van der Waals surface area contributed by atoms with Crippen LogP contribution >= 0.6 is 38.5 Å². The molecule has 20 heavy (non-hydrogen) atoms. The van der Waals surface area contributed by atoms with Crippen LogP contribution in [0.2, 0.25) is 0 Å². The molecule has 0 amide bonds. The number of nitrogen functional groups attached to an aromatic ring is 1. The van der Waals surface area contributed by atoms with Gasteiger partial charge >= 0.3 is 0 Å². The Bertz CT molecular complexity index is 772. The summed E-state index contributed by atoms with van der Waals surface area (Å²) in [7, 11) is 0. The predicted octanol–water partition coefficient (Wildman–Crippen LogP) is 4.93. The highest BCUT2D eigenvalue weighted by Crippen LogP contribution is 2.30. The lowest BCUT2D eigenvalue weighted by atomic mass is 10.1. The van der Waals surface area contributed by atoms with Gasteiger partial charge in [-0.15, -0.1) is 0 Å². The van der Waals surface area contributed by atoms with E-state index in [1.165, 1.54) is 3.57 Å². The second kappa shape index (κ2) is 5.57. The molecular weight excluding hydrogens is 429 g/mol. The zero-order chi connectivity index (χ0) is 14.1. The lowest BCUT2D eigenvalue weighted by molar-refractivity contribution is 1.38. The van der Waals surface area contributed by atoms with Gasteiger partial charge in [0.2, 0.25) is 0 Å². The summed E-state index contributed by atoms with van der Waals surface area (Å²) < 4.78 is 2.13. The van der Waals surface area contributed by atoms with Crippen LogP contribution in [0.15, 0.2) is 53.1 Å². The first kappa shape index (κ1) is 13.6. The molecule has 0 saturated carbocycles. The lowest BCUT2D eigenvalue weighted by Gasteiger charge is -2.11. The molecule has 5 heteroatoms. The van der Waals surface area contributed by atoms with E-state index in [0.717, 1.165) is 32.4 Å². The number of nitrogens with one attached hydrogen (secondary N) is 1. The van der Waals surface area contributed by atoms with Crippen LogP contribution in [-0.4, -0.2) is 4.98 Å². The van der Waals surface area contributed by atoms with Crippen molar-refractivity contribution < 1.29 is 0 Å². The molecule has 0 atom stereocenters. The van der Waals surface area contributed by atoms with Gasteiger partial charge in [-0.2, -0.15) is 0 Å². The second-order valence-electron chi connectivity index (χ2n) is 4.38. The van der Waals surface area contributed by atoms with E-state index >= 15 is 0 Å². The van der Waals surface area contributed by atoms with Crippen molar-refractivity contribution >= 4 is 66.5 Å². The SMILES string of the molecule is Nc1ccc(Nc2ccc(I)cc2)c2ncc(Br)cc12. The monoisotopic (exact) mass is 439 g/mol. The predicted molar refractivity (Wildman–Crippen MR) is 96.3 cm³/mol. The Balaban J connectivity index is 2.08. The molecule has 1 aromatic heterocycles. The van der Waals surface area contributed by atoms with Crippen molar-refractivity contribution in [1.82, 2.24) is 4.98 Å². The van der Waals surface area contributed by atoms with Crippen LogP contribution in [0.5, 0.6) is 0 Å². The van der Waals surface area contributed by atoms with E-state index < -0.39 is 0 Å². The Kier molecular flexibility index (Phi) is 3.80. The van der Waals surface area contributed by atoms with Gasteiger partial charge in [0, 0.05) is 31.0 Å². The number of benzene rings is 2. The van der Waals surface area contributed by atoms with Gasteiger partial charge < -0.3 is 11.1 Å². The number of nitrogens with zero attached hydrogens (tertiary/aromatic N) is 1. The van der Waals surface area contributed by atoms with Crippen molar-refractivity contribution in [2.45, 2.75) is 0 Å². The smallest absolute Gasteiger partial charge is 0.0958 e. The summed E-state index contributed by atoms with van der Waals surface area (Å²) in [4.78, 5) is 4.46. The maximum Gasteiger partial charge on any atom is 0.0958 e. The molecule has 2 aromatic carbocycles. The van der Waals surface area contributed by atoms with Gasteiger partial charge in [-0.25, -0.2) is 0 Å². The van der Waals surface area contributed by atoms with Gasteiger partial charge in [0.05, 0.1) is 11.2 Å². The molecule has 0 unspecified atom stereocenters. The molecule has 0 bridgehead atoms. The zero-order valence-corrected chi connectivity index (χ0v) is 14.1. The quantitative estimate of drug-likeness (QED) is 0.439. The summed E-state index contributed by atoms with van der Waals surface area (Å²) in [6, 6.07) is 14.0. The van der Waals surface area contributed by atoms with Crippen LogP contribution in [0.25, 0.3) is 10.9 Å². The molecule has 0 saturated heterocycles. The first-order valence-electron chi connectivity index (χ1n) is 6.00. The Hall–Kier alpha value is -1.34. The number of anilines is 3. The molecule has 3 N–H and O–H groups in total. The standard InChI is InChI=1S/C15H11BrIN3/c16-9-7-12-13(18)5-6-14(15(12)19-8-9)20-11-3-1-10(17)2-4-11/h1-8,20H,18H2. The second-order valence-corrected chi connectivity index (χ2v) is 6.55. The molecule has 100 valence electrons. The maximum atomic E-state index is 6.02. The Morgan fingerprint density at radius 1 is 1.10 bits per heavy atom. The molecule has 0 aliphatic carbocycles. The number of halogens is 2. The fraction of sp³-hybridized carbons (Fsp3) is 0. The summed E-state index contributed by atoms with van der Waals surface area (Å²) >= 11 is 5.71. The number of nitrogens with two attached hydrogens (primary N) is 1. The lowest BCUT2D eigenvalue weighted by Crippen LogP contribution is -1.96. The molecule has 0 radical (unpaired) electrons. The van der Waals surface area contributed by atoms with Crippen molar-refractivity contribution in [3.63, 3.8) is 0 Å². The largest absolute Gasteiger partial charge is 0.398 e. The van der Waals surface area contributed by atoms with E-state index in [0.29, 0.717) is 0 Å². The number of hydrogen-bond acceptors (Lipinski definition) is 3. The number of hydrogen-bond donors (Lipinski definition) is 2. The van der Waals surface area contributed by atoms with E-state index in [4.69, 9.17) is 5.73 Å². The molecular formula is C15H11BrIN3. The minimum Gasteiger partial charge on any atom is -0.398 e. The first-order valence-corrected chi connectivity index (χ1v) is 7.87. The number of pyridine rings is 1. The molecule has 0 spiro atoms. The van der Waals surface area contributed by atoms with E-state index in [1.807, 2.05) is 30.3 Å². The number of fused-ring (bicyclic) bond motifs is 1. The number of aromatic nitrogens is 1. The fourth-order valence-electron chi connectivity index (χ4n) is 2.01. The molecule has 0 aliphatic rings. The number of rotatable bonds is 2. The average molecular weight is 440 g/mol. The third-order valence-corrected chi connectivity index (χ3v) is 4.13. The van der Waals surface area contributed by atoms with E-state index in [-0.39, 0.29) is 0 Å². The van der Waals surface area contributed by atoms with Crippen molar-refractivity contribution in [2.24, 2.45) is 0 Å². The van der Waals surface area contributed by atoms with Crippen LogP contribution in [0.1, 0.15) is 0 Å². The van der Waals surface area contributed by atoms with Gasteiger partial charge in [0.25, 0.3) is 0 Å². The van der Waals surface area contributed by atoms with Gasteiger partial charge in [0.15, 0.2) is 0 Å². The minimum atomic E-state index is 0.724. The highest BCUT2D eigenvalue weighted by Gasteiger charge is 2.06. The van der Waals surface area contributed by atoms with Crippen molar-refractivity contribution in [2.75, 3.05) is 11.1 Å². The Morgan fingerprint density at radius 2 is 1.85 bits per heavy atom. The summed E-state index contributed by atoms with van der Waals surface area (Å²) in [5, 5.41) is 4.32. The van der Waals surface area contributed by atoms with E-state index in [2.05, 4.69) is 61.0 Å². The van der Waals surface area contributed by atoms with Crippen LogP contribution in [0.4, 0.5) is 17.1 Å².